The summed E-state index contributed by atoms with van der Waals surface area (Å²) in [7, 11) is 0. The van der Waals surface area contributed by atoms with Crippen molar-refractivity contribution < 1.29 is 14.3 Å². The molecule has 0 unspecified atom stereocenters. The molecule has 0 saturated heterocycles. The third kappa shape index (κ3) is 3.76. The van der Waals surface area contributed by atoms with Gasteiger partial charge in [0.1, 0.15) is 13.2 Å². The summed E-state index contributed by atoms with van der Waals surface area (Å²) in [6.45, 7) is 1.69. The summed E-state index contributed by atoms with van der Waals surface area (Å²) in [4.78, 5) is 24.8. The van der Waals surface area contributed by atoms with Crippen LogP contribution in [0.25, 0.3) is 10.8 Å². The molecule has 2 heterocycles. The van der Waals surface area contributed by atoms with Crippen molar-refractivity contribution in [3.05, 3.63) is 64.1 Å². The Morgan fingerprint density at radius 2 is 1.77 bits per heavy atom. The second-order valence-corrected chi connectivity index (χ2v) is 8.34. The van der Waals surface area contributed by atoms with Crippen LogP contribution in [0.15, 0.2) is 47.3 Å². The number of H-pyrrole nitrogens is 1. The summed E-state index contributed by atoms with van der Waals surface area (Å²) in [6.07, 6.45) is 4.43. The summed E-state index contributed by atoms with van der Waals surface area (Å²) in [5.74, 6) is 1.46. The van der Waals surface area contributed by atoms with Gasteiger partial charge < -0.3 is 14.8 Å². The predicted molar refractivity (Wildman–Crippen MR) is 117 cm³/mol. The molecule has 1 amide bonds. The Balaban J connectivity index is 1.34. The maximum Gasteiger partial charge on any atom is 0.272 e. The molecule has 1 aliphatic carbocycles. The lowest BCUT2D eigenvalue weighted by atomic mass is 9.78. The van der Waals surface area contributed by atoms with Crippen LogP contribution in [0.3, 0.4) is 0 Å². The fourth-order valence-electron chi connectivity index (χ4n) is 4.78. The third-order valence-electron chi connectivity index (χ3n) is 6.44. The average molecular weight is 419 g/mol. The number of hydrogen-bond donors (Lipinski definition) is 2. The summed E-state index contributed by atoms with van der Waals surface area (Å²) in [5.41, 5.74) is 1.41. The van der Waals surface area contributed by atoms with Crippen LogP contribution >= 0.6 is 0 Å². The molecule has 31 heavy (non-hydrogen) atoms. The molecule has 0 bridgehead atoms. The van der Waals surface area contributed by atoms with Crippen LogP contribution in [0.1, 0.15) is 36.9 Å². The summed E-state index contributed by atoms with van der Waals surface area (Å²) in [5, 5.41) is 11.0. The molecule has 2 N–H and O–H groups in total. The van der Waals surface area contributed by atoms with E-state index in [9.17, 15) is 9.59 Å². The number of amides is 1. The van der Waals surface area contributed by atoms with E-state index in [-0.39, 0.29) is 23.3 Å². The number of benzene rings is 2. The highest BCUT2D eigenvalue weighted by Crippen LogP contribution is 2.43. The Kier molecular flexibility index (Phi) is 5.10. The Morgan fingerprint density at radius 3 is 2.58 bits per heavy atom. The lowest BCUT2D eigenvalue weighted by Gasteiger charge is -2.31. The molecule has 5 rings (SSSR count). The van der Waals surface area contributed by atoms with Gasteiger partial charge >= 0.3 is 0 Å². The number of aromatic nitrogens is 2. The highest BCUT2D eigenvalue weighted by molar-refractivity contribution is 5.88. The zero-order valence-electron chi connectivity index (χ0n) is 17.3. The van der Waals surface area contributed by atoms with E-state index in [2.05, 4.69) is 27.6 Å². The largest absolute Gasteiger partial charge is 0.486 e. The van der Waals surface area contributed by atoms with Gasteiger partial charge in [0.25, 0.3) is 5.56 Å². The van der Waals surface area contributed by atoms with Crippen molar-refractivity contribution in [1.82, 2.24) is 15.5 Å². The topological polar surface area (TPSA) is 93.3 Å². The highest BCUT2D eigenvalue weighted by Gasteiger charge is 2.36. The summed E-state index contributed by atoms with van der Waals surface area (Å²) < 4.78 is 11.4. The van der Waals surface area contributed by atoms with E-state index in [4.69, 9.17) is 9.47 Å². The number of nitrogens with zero attached hydrogens (tertiary/aromatic N) is 1. The smallest absolute Gasteiger partial charge is 0.272 e. The van der Waals surface area contributed by atoms with E-state index in [0.717, 1.165) is 37.2 Å². The zero-order valence-corrected chi connectivity index (χ0v) is 17.3. The molecule has 7 nitrogen and oxygen atoms in total. The second kappa shape index (κ2) is 8.06. The number of aromatic amines is 1. The van der Waals surface area contributed by atoms with Crippen LogP contribution in [0.2, 0.25) is 0 Å². The fraction of sp³-hybridized carbons (Fsp3) is 0.375. The van der Waals surface area contributed by atoms with Crippen molar-refractivity contribution in [2.75, 3.05) is 19.8 Å². The molecule has 3 aromatic rings. The van der Waals surface area contributed by atoms with Crippen molar-refractivity contribution in [3.63, 3.8) is 0 Å². The van der Waals surface area contributed by atoms with Gasteiger partial charge in [0.2, 0.25) is 5.91 Å². The van der Waals surface area contributed by atoms with Gasteiger partial charge in [-0.1, -0.05) is 37.1 Å². The lowest BCUT2D eigenvalue weighted by molar-refractivity contribution is -0.120. The first-order valence-corrected chi connectivity index (χ1v) is 10.8. The van der Waals surface area contributed by atoms with Gasteiger partial charge in [-0.25, -0.2) is 5.10 Å². The number of rotatable bonds is 5. The SMILES string of the molecule is O=C(Cc1n[nH]c(=O)c2ccccc12)NCC1(c2ccc3c(c2)OCCO3)CCCC1. The first kappa shape index (κ1) is 19.6. The molecule has 7 heteroatoms. The van der Waals surface area contributed by atoms with Gasteiger partial charge in [-0.3, -0.25) is 9.59 Å². The van der Waals surface area contributed by atoms with Gasteiger partial charge in [0.05, 0.1) is 17.5 Å². The molecule has 1 aliphatic heterocycles. The Labute approximate surface area is 179 Å². The number of hydrogen-bond acceptors (Lipinski definition) is 5. The predicted octanol–water partition coefficient (Wildman–Crippen LogP) is 2.87. The monoisotopic (exact) mass is 419 g/mol. The lowest BCUT2D eigenvalue weighted by Crippen LogP contribution is -2.40. The minimum atomic E-state index is -0.247. The van der Waals surface area contributed by atoms with Crippen LogP contribution in [0.5, 0.6) is 11.5 Å². The van der Waals surface area contributed by atoms with E-state index >= 15 is 0 Å². The molecule has 1 aromatic heterocycles. The molecular weight excluding hydrogens is 394 g/mol. The van der Waals surface area contributed by atoms with E-state index < -0.39 is 0 Å². The van der Waals surface area contributed by atoms with Crippen LogP contribution < -0.4 is 20.3 Å². The molecular formula is C24H25N3O4. The first-order valence-electron chi connectivity index (χ1n) is 10.8. The summed E-state index contributed by atoms with van der Waals surface area (Å²) in [6, 6.07) is 13.4. The molecule has 0 spiro atoms. The molecule has 2 aromatic carbocycles. The minimum absolute atomic E-state index is 0.103. The van der Waals surface area contributed by atoms with Gasteiger partial charge in [0, 0.05) is 17.3 Å². The molecule has 1 saturated carbocycles. The van der Waals surface area contributed by atoms with Crippen molar-refractivity contribution in [3.8, 4) is 11.5 Å². The quantitative estimate of drug-likeness (QED) is 0.663. The minimum Gasteiger partial charge on any atom is -0.486 e. The molecule has 0 radical (unpaired) electrons. The van der Waals surface area contributed by atoms with Crippen LogP contribution in [0, 0.1) is 0 Å². The Bertz CT molecular complexity index is 1180. The van der Waals surface area contributed by atoms with Crippen molar-refractivity contribution in [1.29, 1.82) is 0 Å². The van der Waals surface area contributed by atoms with E-state index in [0.29, 0.717) is 36.2 Å². The van der Waals surface area contributed by atoms with Crippen LogP contribution in [-0.4, -0.2) is 35.9 Å². The van der Waals surface area contributed by atoms with E-state index in [1.165, 1.54) is 5.56 Å². The maximum atomic E-state index is 12.8. The number of carbonyl (C=O) groups excluding carboxylic acids is 1. The standard InChI is InChI=1S/C24H25N3O4/c28-22(14-19-17-5-1-2-6-18(17)23(29)27-26-19)25-15-24(9-3-4-10-24)16-7-8-20-21(13-16)31-12-11-30-20/h1-2,5-8,13H,3-4,9-12,14-15H2,(H,25,28)(H,27,29). The van der Waals surface area contributed by atoms with Crippen molar-refractivity contribution >= 4 is 16.7 Å². The fourth-order valence-corrected chi connectivity index (χ4v) is 4.78. The number of nitrogens with one attached hydrogen (secondary N) is 2. The second-order valence-electron chi connectivity index (χ2n) is 8.34. The van der Waals surface area contributed by atoms with Crippen molar-refractivity contribution in [2.24, 2.45) is 0 Å². The van der Waals surface area contributed by atoms with Crippen molar-refractivity contribution in [2.45, 2.75) is 37.5 Å². The molecule has 2 aliphatic rings. The van der Waals surface area contributed by atoms with E-state index in [1.54, 1.807) is 12.1 Å². The highest BCUT2D eigenvalue weighted by atomic mass is 16.6. The molecule has 0 atom stereocenters. The first-order chi connectivity index (χ1) is 15.1. The number of fused-ring (bicyclic) bond motifs is 2. The van der Waals surface area contributed by atoms with Crippen LogP contribution in [-0.2, 0) is 16.6 Å². The van der Waals surface area contributed by atoms with Gasteiger partial charge in [-0.05, 0) is 36.6 Å². The van der Waals surface area contributed by atoms with E-state index in [1.807, 2.05) is 18.2 Å². The van der Waals surface area contributed by atoms with Crippen LogP contribution in [0.4, 0.5) is 0 Å². The maximum absolute atomic E-state index is 12.8. The third-order valence-corrected chi connectivity index (χ3v) is 6.44. The van der Waals surface area contributed by atoms with Gasteiger partial charge in [-0.15, -0.1) is 0 Å². The average Bonchev–Trinajstić information content (AvgIpc) is 3.30. The number of ether oxygens (including phenoxy) is 2. The normalized spacial score (nSPS) is 16.9. The summed E-state index contributed by atoms with van der Waals surface area (Å²) >= 11 is 0. The molecule has 160 valence electrons. The molecule has 1 fully saturated rings. The Morgan fingerprint density at radius 1 is 1.03 bits per heavy atom. The number of carbonyl (C=O) groups is 1. The van der Waals surface area contributed by atoms with Gasteiger partial charge in [-0.2, -0.15) is 5.10 Å². The Hall–Kier alpha value is -3.35. The van der Waals surface area contributed by atoms with Gasteiger partial charge in [0.15, 0.2) is 11.5 Å². The zero-order chi connectivity index (χ0) is 21.3.